The van der Waals surface area contributed by atoms with Gasteiger partial charge in [-0.05, 0) is 44.7 Å². The van der Waals surface area contributed by atoms with Gasteiger partial charge in [-0.3, -0.25) is 0 Å². The van der Waals surface area contributed by atoms with Crippen LogP contribution in [0, 0.1) is 5.92 Å². The van der Waals surface area contributed by atoms with Crippen LogP contribution in [-0.4, -0.2) is 18.6 Å². The molecule has 1 aliphatic carbocycles. The summed E-state index contributed by atoms with van der Waals surface area (Å²) < 4.78 is 0. The summed E-state index contributed by atoms with van der Waals surface area (Å²) in [7, 11) is 0. The van der Waals surface area contributed by atoms with E-state index >= 15 is 0 Å². The van der Waals surface area contributed by atoms with Gasteiger partial charge in [-0.15, -0.1) is 0 Å². The molecule has 1 rings (SSSR count). The largest absolute Gasteiger partial charge is 0.325 e. The van der Waals surface area contributed by atoms with E-state index in [4.69, 9.17) is 5.73 Å². The van der Waals surface area contributed by atoms with Crippen molar-refractivity contribution in [2.45, 2.75) is 57.9 Å². The van der Waals surface area contributed by atoms with Crippen molar-refractivity contribution >= 4 is 0 Å². The van der Waals surface area contributed by atoms with Gasteiger partial charge in [0.1, 0.15) is 0 Å². The van der Waals surface area contributed by atoms with Crippen molar-refractivity contribution < 1.29 is 0 Å². The lowest BCUT2D eigenvalue weighted by Crippen LogP contribution is -2.48. The molecule has 0 aliphatic heterocycles. The number of hydrogen-bond acceptors (Lipinski definition) is 2. The second kappa shape index (κ2) is 5.72. The summed E-state index contributed by atoms with van der Waals surface area (Å²) in [5.41, 5.74) is 6.34. The quantitative estimate of drug-likeness (QED) is 0.616. The minimum absolute atomic E-state index is 0.195. The lowest BCUT2D eigenvalue weighted by molar-refractivity contribution is 0.228. The van der Waals surface area contributed by atoms with Gasteiger partial charge in [0.15, 0.2) is 0 Å². The fourth-order valence-corrected chi connectivity index (χ4v) is 2.10. The van der Waals surface area contributed by atoms with E-state index in [9.17, 15) is 0 Å². The Bertz CT molecular complexity index is 148. The molecule has 0 unspecified atom stereocenters. The van der Waals surface area contributed by atoms with Crippen molar-refractivity contribution in [2.24, 2.45) is 11.7 Å². The van der Waals surface area contributed by atoms with Crippen LogP contribution >= 0.6 is 0 Å². The monoisotopic (exact) mass is 198 g/mol. The topological polar surface area (TPSA) is 38.0 Å². The molecular weight excluding hydrogens is 172 g/mol. The number of hydrogen-bond donors (Lipinski definition) is 2. The average molecular weight is 198 g/mol. The molecule has 0 saturated heterocycles. The Morgan fingerprint density at radius 3 is 2.36 bits per heavy atom. The predicted octanol–water partition coefficient (Wildman–Crippen LogP) is 2.28. The van der Waals surface area contributed by atoms with Gasteiger partial charge in [-0.2, -0.15) is 0 Å². The Hall–Kier alpha value is -0.0800. The predicted molar refractivity (Wildman–Crippen MR) is 62.3 cm³/mol. The number of nitrogens with one attached hydrogen (secondary N) is 1. The van der Waals surface area contributed by atoms with Gasteiger partial charge in [0.2, 0.25) is 0 Å². The zero-order valence-corrected chi connectivity index (χ0v) is 9.81. The van der Waals surface area contributed by atoms with Crippen molar-refractivity contribution in [3.8, 4) is 0 Å². The minimum Gasteiger partial charge on any atom is -0.325 e. The average Bonchev–Trinajstić information content (AvgIpc) is 2.15. The molecule has 0 heterocycles. The zero-order chi connectivity index (χ0) is 10.4. The van der Waals surface area contributed by atoms with Gasteiger partial charge in [0.25, 0.3) is 0 Å². The van der Waals surface area contributed by atoms with Gasteiger partial charge in [0.05, 0.1) is 0 Å². The number of nitrogens with two attached hydrogens (primary N) is 1. The first-order valence-electron chi connectivity index (χ1n) is 6.20. The molecule has 0 amide bonds. The summed E-state index contributed by atoms with van der Waals surface area (Å²) in [6.45, 7) is 6.81. The highest BCUT2D eigenvalue weighted by molar-refractivity contribution is 4.92. The summed E-state index contributed by atoms with van der Waals surface area (Å²) in [5, 5.41) is 3.53. The molecule has 0 aromatic rings. The summed E-state index contributed by atoms with van der Waals surface area (Å²) in [6.07, 6.45) is 7.55. The third kappa shape index (κ3) is 3.58. The molecule has 3 N–H and O–H groups in total. The molecule has 0 aromatic heterocycles. The molecule has 0 atom stereocenters. The van der Waals surface area contributed by atoms with Crippen molar-refractivity contribution in [1.82, 2.24) is 5.32 Å². The summed E-state index contributed by atoms with van der Waals surface area (Å²) in [6, 6.07) is 0. The SMILES string of the molecule is CCC(CC)CNCCC1(N)CCC1. The molecule has 1 saturated carbocycles. The maximum Gasteiger partial charge on any atom is 0.0166 e. The van der Waals surface area contributed by atoms with Crippen molar-refractivity contribution in [3.63, 3.8) is 0 Å². The Labute approximate surface area is 88.6 Å². The molecule has 84 valence electrons. The molecular formula is C12H26N2. The van der Waals surface area contributed by atoms with E-state index in [1.807, 2.05) is 0 Å². The Morgan fingerprint density at radius 1 is 1.29 bits per heavy atom. The molecule has 0 spiro atoms. The molecule has 0 radical (unpaired) electrons. The smallest absolute Gasteiger partial charge is 0.0166 e. The van der Waals surface area contributed by atoms with Crippen LogP contribution in [0.25, 0.3) is 0 Å². The van der Waals surface area contributed by atoms with Crippen molar-refractivity contribution in [3.05, 3.63) is 0 Å². The molecule has 1 aliphatic rings. The standard InChI is InChI=1S/C12H26N2/c1-3-11(4-2)10-14-9-8-12(13)6-5-7-12/h11,14H,3-10,13H2,1-2H3. The lowest BCUT2D eigenvalue weighted by atomic mass is 9.75. The molecule has 2 heteroatoms. The highest BCUT2D eigenvalue weighted by atomic mass is 14.9. The fraction of sp³-hybridized carbons (Fsp3) is 1.00. The van der Waals surface area contributed by atoms with E-state index in [1.165, 1.54) is 38.6 Å². The van der Waals surface area contributed by atoms with Crippen molar-refractivity contribution in [2.75, 3.05) is 13.1 Å². The van der Waals surface area contributed by atoms with Crippen LogP contribution in [0.5, 0.6) is 0 Å². The first-order valence-corrected chi connectivity index (χ1v) is 6.20. The maximum absolute atomic E-state index is 6.14. The van der Waals surface area contributed by atoms with Gasteiger partial charge in [0, 0.05) is 5.54 Å². The van der Waals surface area contributed by atoms with Crippen LogP contribution in [0.2, 0.25) is 0 Å². The third-order valence-electron chi connectivity index (χ3n) is 3.74. The van der Waals surface area contributed by atoms with E-state index in [0.29, 0.717) is 0 Å². The minimum atomic E-state index is 0.195. The summed E-state index contributed by atoms with van der Waals surface area (Å²) >= 11 is 0. The second-order valence-electron chi connectivity index (χ2n) is 4.85. The van der Waals surface area contributed by atoms with Gasteiger partial charge < -0.3 is 11.1 Å². The molecule has 1 fully saturated rings. The van der Waals surface area contributed by atoms with E-state index in [1.54, 1.807) is 0 Å². The third-order valence-corrected chi connectivity index (χ3v) is 3.74. The van der Waals surface area contributed by atoms with E-state index in [2.05, 4.69) is 19.2 Å². The maximum atomic E-state index is 6.14. The second-order valence-corrected chi connectivity index (χ2v) is 4.85. The Kier molecular flexibility index (Phi) is 4.90. The highest BCUT2D eigenvalue weighted by Crippen LogP contribution is 2.31. The van der Waals surface area contributed by atoms with Gasteiger partial charge in [-0.25, -0.2) is 0 Å². The molecule has 2 nitrogen and oxygen atoms in total. The van der Waals surface area contributed by atoms with Gasteiger partial charge in [-0.1, -0.05) is 26.7 Å². The Balaban J connectivity index is 1.98. The number of rotatable bonds is 7. The Morgan fingerprint density at radius 2 is 1.93 bits per heavy atom. The van der Waals surface area contributed by atoms with Crippen LogP contribution in [-0.2, 0) is 0 Å². The van der Waals surface area contributed by atoms with Crippen molar-refractivity contribution in [1.29, 1.82) is 0 Å². The van der Waals surface area contributed by atoms with Crippen LogP contribution in [0.15, 0.2) is 0 Å². The van der Waals surface area contributed by atoms with E-state index in [-0.39, 0.29) is 5.54 Å². The molecule has 0 bridgehead atoms. The summed E-state index contributed by atoms with van der Waals surface area (Å²) in [5.74, 6) is 0.852. The molecule has 14 heavy (non-hydrogen) atoms. The highest BCUT2D eigenvalue weighted by Gasteiger charge is 2.31. The van der Waals surface area contributed by atoms with Crippen LogP contribution in [0.3, 0.4) is 0 Å². The van der Waals surface area contributed by atoms with E-state index in [0.717, 1.165) is 18.9 Å². The summed E-state index contributed by atoms with van der Waals surface area (Å²) in [4.78, 5) is 0. The van der Waals surface area contributed by atoms with Crippen LogP contribution < -0.4 is 11.1 Å². The zero-order valence-electron chi connectivity index (χ0n) is 9.81. The van der Waals surface area contributed by atoms with Crippen LogP contribution in [0.1, 0.15) is 52.4 Å². The fourth-order valence-electron chi connectivity index (χ4n) is 2.10. The molecule has 0 aromatic carbocycles. The van der Waals surface area contributed by atoms with E-state index < -0.39 is 0 Å². The van der Waals surface area contributed by atoms with Gasteiger partial charge >= 0.3 is 0 Å². The lowest BCUT2D eigenvalue weighted by Gasteiger charge is -2.38. The van der Waals surface area contributed by atoms with Crippen LogP contribution in [0.4, 0.5) is 0 Å². The first kappa shape index (κ1) is 12.0. The first-order chi connectivity index (χ1) is 6.70. The normalized spacial score (nSPS) is 19.7.